The van der Waals surface area contributed by atoms with Crippen molar-refractivity contribution < 1.29 is 24.1 Å². The van der Waals surface area contributed by atoms with E-state index >= 15 is 0 Å². The molecule has 7 nitrogen and oxygen atoms in total. The lowest BCUT2D eigenvalue weighted by Crippen LogP contribution is -2.25. The molecular formula is C20H22Cl2N2O5. The summed E-state index contributed by atoms with van der Waals surface area (Å²) in [6.07, 6.45) is 4.16. The summed E-state index contributed by atoms with van der Waals surface area (Å²) in [5.74, 6) is 0.420. The number of carbonyl (C=O) groups is 1. The highest BCUT2D eigenvalue weighted by molar-refractivity contribution is 6.36. The molecular weight excluding hydrogens is 419 g/mol. The first-order valence-corrected chi connectivity index (χ1v) is 9.76. The number of benzene rings is 1. The lowest BCUT2D eigenvalue weighted by molar-refractivity contribution is -0.147. The standard InChI is InChI=1S/C20H22Cl2N2O5/c1-11-13(5-6-20(26)7-8-20)18(24(3)23-11)29-17-10-16(14(21)9-15(17)22)28-12(2)19(25)27-4/h5-6,9-10,12,26H,7-8H2,1-4H3/b6-5+/t12-/m0/s1. The van der Waals surface area contributed by atoms with Crippen molar-refractivity contribution in [2.75, 3.05) is 7.11 Å². The summed E-state index contributed by atoms with van der Waals surface area (Å²) in [6.45, 7) is 3.40. The van der Waals surface area contributed by atoms with Crippen molar-refractivity contribution in [3.8, 4) is 17.4 Å². The number of esters is 1. The SMILES string of the molecule is COC(=O)[C@H](C)Oc1cc(Oc2c(/C=C/C3(O)CC3)c(C)nn2C)c(Cl)cc1Cl. The second kappa shape index (κ2) is 8.26. The first-order valence-electron chi connectivity index (χ1n) is 9.00. The summed E-state index contributed by atoms with van der Waals surface area (Å²) < 4.78 is 17.8. The molecule has 0 spiro atoms. The second-order valence-electron chi connectivity index (χ2n) is 6.96. The lowest BCUT2D eigenvalue weighted by Gasteiger charge is -2.16. The molecule has 3 rings (SSSR count). The Morgan fingerprint density at radius 3 is 2.59 bits per heavy atom. The van der Waals surface area contributed by atoms with Crippen LogP contribution < -0.4 is 9.47 Å². The van der Waals surface area contributed by atoms with Crippen LogP contribution in [-0.4, -0.2) is 39.7 Å². The minimum atomic E-state index is -0.858. The highest BCUT2D eigenvalue weighted by Crippen LogP contribution is 2.41. The van der Waals surface area contributed by atoms with Crippen LogP contribution in [0.3, 0.4) is 0 Å². The number of halogens is 2. The number of rotatable bonds is 7. The van der Waals surface area contributed by atoms with Crippen molar-refractivity contribution in [2.45, 2.75) is 38.4 Å². The zero-order valence-corrected chi connectivity index (χ0v) is 18.0. The molecule has 1 aliphatic carbocycles. The fourth-order valence-electron chi connectivity index (χ4n) is 2.69. The number of hydrogen-bond donors (Lipinski definition) is 1. The molecule has 2 aromatic rings. The van der Waals surface area contributed by atoms with Gasteiger partial charge in [-0.15, -0.1) is 0 Å². The minimum absolute atomic E-state index is 0.229. The average Bonchev–Trinajstić information content (AvgIpc) is 3.33. The van der Waals surface area contributed by atoms with Crippen molar-refractivity contribution in [2.24, 2.45) is 7.05 Å². The molecule has 1 saturated carbocycles. The summed E-state index contributed by atoms with van der Waals surface area (Å²) in [7, 11) is 3.02. The van der Waals surface area contributed by atoms with Crippen molar-refractivity contribution in [3.05, 3.63) is 39.5 Å². The van der Waals surface area contributed by atoms with E-state index in [1.165, 1.54) is 19.2 Å². The molecule has 1 aromatic carbocycles. The molecule has 0 aliphatic heterocycles. The Labute approximate surface area is 178 Å². The van der Waals surface area contributed by atoms with Crippen LogP contribution in [0.2, 0.25) is 10.0 Å². The van der Waals surface area contributed by atoms with Crippen LogP contribution in [-0.2, 0) is 16.6 Å². The fourth-order valence-corrected chi connectivity index (χ4v) is 3.15. The Hall–Kier alpha value is -2.22. The van der Waals surface area contributed by atoms with Crippen LogP contribution in [0.1, 0.15) is 31.0 Å². The Morgan fingerprint density at radius 2 is 1.97 bits per heavy atom. The average molecular weight is 441 g/mol. The number of ether oxygens (including phenoxy) is 3. The topological polar surface area (TPSA) is 82.8 Å². The molecule has 1 aliphatic rings. The summed E-state index contributed by atoms with van der Waals surface area (Å²) in [5, 5.41) is 15.0. The molecule has 0 amide bonds. The van der Waals surface area contributed by atoms with Crippen LogP contribution in [0.15, 0.2) is 18.2 Å². The number of aryl methyl sites for hydroxylation is 2. The zero-order valence-electron chi connectivity index (χ0n) is 16.5. The van der Waals surface area contributed by atoms with E-state index in [1.807, 2.05) is 6.92 Å². The molecule has 1 aromatic heterocycles. The summed E-state index contributed by atoms with van der Waals surface area (Å²) in [5.41, 5.74) is 0.718. The lowest BCUT2D eigenvalue weighted by atomic mass is 10.2. The van der Waals surface area contributed by atoms with Gasteiger partial charge in [-0.2, -0.15) is 5.10 Å². The molecule has 1 N–H and O–H groups in total. The van der Waals surface area contributed by atoms with E-state index < -0.39 is 17.7 Å². The number of nitrogens with zero attached hydrogens (tertiary/aromatic N) is 2. The Kier molecular flexibility index (Phi) is 6.12. The first kappa shape index (κ1) is 21.5. The molecule has 156 valence electrons. The summed E-state index contributed by atoms with van der Waals surface area (Å²) in [6, 6.07) is 2.98. The molecule has 29 heavy (non-hydrogen) atoms. The van der Waals surface area contributed by atoms with Gasteiger partial charge in [0.1, 0.15) is 5.75 Å². The maximum Gasteiger partial charge on any atom is 0.346 e. The first-order chi connectivity index (χ1) is 13.6. The monoisotopic (exact) mass is 440 g/mol. The smallest absolute Gasteiger partial charge is 0.346 e. The predicted octanol–water partition coefficient (Wildman–Crippen LogP) is 4.31. The van der Waals surface area contributed by atoms with Crippen LogP contribution in [0.4, 0.5) is 0 Å². The van der Waals surface area contributed by atoms with E-state index in [-0.39, 0.29) is 21.5 Å². The summed E-state index contributed by atoms with van der Waals surface area (Å²) in [4.78, 5) is 11.6. The fraction of sp³-hybridized carbons (Fsp3) is 0.400. The molecule has 1 fully saturated rings. The van der Waals surface area contributed by atoms with Gasteiger partial charge in [0, 0.05) is 13.1 Å². The van der Waals surface area contributed by atoms with Crippen molar-refractivity contribution in [3.63, 3.8) is 0 Å². The molecule has 9 heteroatoms. The number of hydrogen-bond acceptors (Lipinski definition) is 6. The van der Waals surface area contributed by atoms with Crippen LogP contribution in [0.25, 0.3) is 6.08 Å². The van der Waals surface area contributed by atoms with Crippen LogP contribution in [0.5, 0.6) is 17.4 Å². The van der Waals surface area contributed by atoms with Gasteiger partial charge in [-0.05, 0) is 38.8 Å². The maximum absolute atomic E-state index is 11.6. The van der Waals surface area contributed by atoms with Gasteiger partial charge in [-0.3, -0.25) is 0 Å². The minimum Gasteiger partial charge on any atom is -0.477 e. The third kappa shape index (κ3) is 4.86. The Balaban J connectivity index is 1.91. The number of aliphatic hydroxyl groups is 1. The molecule has 1 heterocycles. The van der Waals surface area contributed by atoms with Gasteiger partial charge in [0.25, 0.3) is 0 Å². The predicted molar refractivity (Wildman–Crippen MR) is 110 cm³/mol. The maximum atomic E-state index is 11.6. The van der Waals surface area contributed by atoms with Gasteiger partial charge >= 0.3 is 5.97 Å². The number of methoxy groups -OCH3 is 1. The van der Waals surface area contributed by atoms with Gasteiger partial charge in [0.15, 0.2) is 11.9 Å². The highest BCUT2D eigenvalue weighted by atomic mass is 35.5. The van der Waals surface area contributed by atoms with Crippen LogP contribution >= 0.6 is 23.2 Å². The Morgan fingerprint density at radius 1 is 1.31 bits per heavy atom. The quantitative estimate of drug-likeness (QED) is 0.645. The number of carbonyl (C=O) groups excluding carboxylic acids is 1. The molecule has 0 radical (unpaired) electrons. The largest absolute Gasteiger partial charge is 0.477 e. The van der Waals surface area contributed by atoms with E-state index in [0.29, 0.717) is 5.88 Å². The van der Waals surface area contributed by atoms with E-state index in [0.717, 1.165) is 24.1 Å². The van der Waals surface area contributed by atoms with Crippen molar-refractivity contribution in [1.29, 1.82) is 0 Å². The molecule has 0 bridgehead atoms. The van der Waals surface area contributed by atoms with E-state index in [1.54, 1.807) is 30.8 Å². The highest BCUT2D eigenvalue weighted by Gasteiger charge is 2.37. The van der Waals surface area contributed by atoms with Gasteiger partial charge in [0.05, 0.1) is 34.0 Å². The molecule has 1 atom stereocenters. The Bertz CT molecular complexity index is 966. The van der Waals surface area contributed by atoms with Gasteiger partial charge in [-0.1, -0.05) is 29.3 Å². The van der Waals surface area contributed by atoms with E-state index in [2.05, 4.69) is 9.84 Å². The molecule has 0 unspecified atom stereocenters. The third-order valence-electron chi connectivity index (χ3n) is 4.57. The number of aromatic nitrogens is 2. The van der Waals surface area contributed by atoms with E-state index in [4.69, 9.17) is 32.7 Å². The third-order valence-corrected chi connectivity index (χ3v) is 5.16. The van der Waals surface area contributed by atoms with Crippen LogP contribution in [0, 0.1) is 6.92 Å². The molecule has 0 saturated heterocycles. The van der Waals surface area contributed by atoms with Gasteiger partial charge < -0.3 is 19.3 Å². The summed E-state index contributed by atoms with van der Waals surface area (Å²) >= 11 is 12.5. The van der Waals surface area contributed by atoms with E-state index in [9.17, 15) is 9.90 Å². The van der Waals surface area contributed by atoms with Crippen molar-refractivity contribution in [1.82, 2.24) is 9.78 Å². The zero-order chi connectivity index (χ0) is 21.3. The normalized spacial score (nSPS) is 16.0. The second-order valence-corrected chi connectivity index (χ2v) is 7.78. The van der Waals surface area contributed by atoms with Crippen molar-refractivity contribution >= 4 is 35.2 Å². The van der Waals surface area contributed by atoms with Gasteiger partial charge in [0.2, 0.25) is 5.88 Å². The van der Waals surface area contributed by atoms with Gasteiger partial charge in [-0.25, -0.2) is 9.48 Å².